The lowest BCUT2D eigenvalue weighted by atomic mass is 9.79. The predicted octanol–water partition coefficient (Wildman–Crippen LogP) is 2.45. The third-order valence-corrected chi connectivity index (χ3v) is 2.90. The lowest BCUT2D eigenvalue weighted by Crippen LogP contribution is -2.19. The van der Waals surface area contributed by atoms with Crippen molar-refractivity contribution in [3.8, 4) is 5.75 Å². The first-order valence-corrected chi connectivity index (χ1v) is 5.30. The molecule has 0 aliphatic carbocycles. The SMILES string of the molecule is COc1cc(C(C)(C)CC=O)c(C)cc1N. The van der Waals surface area contributed by atoms with Crippen LogP contribution in [0.25, 0.3) is 0 Å². The number of carbonyl (C=O) groups excluding carboxylic acids is 1. The molecule has 0 aliphatic heterocycles. The summed E-state index contributed by atoms with van der Waals surface area (Å²) >= 11 is 0. The van der Waals surface area contributed by atoms with E-state index in [9.17, 15) is 4.79 Å². The van der Waals surface area contributed by atoms with Gasteiger partial charge in [0.15, 0.2) is 0 Å². The summed E-state index contributed by atoms with van der Waals surface area (Å²) in [4.78, 5) is 10.7. The average Bonchev–Trinajstić information content (AvgIpc) is 2.17. The summed E-state index contributed by atoms with van der Waals surface area (Å²) in [6, 6.07) is 3.81. The molecule has 0 fully saturated rings. The molecule has 0 saturated carbocycles. The van der Waals surface area contributed by atoms with Crippen molar-refractivity contribution in [1.29, 1.82) is 0 Å². The largest absolute Gasteiger partial charge is 0.495 e. The number of methoxy groups -OCH3 is 1. The van der Waals surface area contributed by atoms with E-state index >= 15 is 0 Å². The molecule has 0 atom stereocenters. The molecule has 3 heteroatoms. The van der Waals surface area contributed by atoms with E-state index in [0.717, 1.165) is 17.4 Å². The number of anilines is 1. The number of rotatable bonds is 4. The molecule has 2 N–H and O–H groups in total. The minimum Gasteiger partial charge on any atom is -0.495 e. The van der Waals surface area contributed by atoms with Crippen LogP contribution in [0.15, 0.2) is 12.1 Å². The minimum absolute atomic E-state index is 0.188. The predicted molar refractivity (Wildman–Crippen MR) is 65.9 cm³/mol. The molecule has 0 aromatic heterocycles. The van der Waals surface area contributed by atoms with Gasteiger partial charge in [-0.1, -0.05) is 13.8 Å². The molecule has 0 radical (unpaired) electrons. The van der Waals surface area contributed by atoms with Gasteiger partial charge in [-0.25, -0.2) is 0 Å². The number of ether oxygens (including phenoxy) is 1. The summed E-state index contributed by atoms with van der Waals surface area (Å²) in [5, 5.41) is 0. The Labute approximate surface area is 96.6 Å². The highest BCUT2D eigenvalue weighted by molar-refractivity contribution is 5.60. The number of aldehydes is 1. The maximum atomic E-state index is 10.7. The van der Waals surface area contributed by atoms with Crippen molar-refractivity contribution < 1.29 is 9.53 Å². The normalized spacial score (nSPS) is 11.2. The van der Waals surface area contributed by atoms with Crippen LogP contribution in [0.5, 0.6) is 5.75 Å². The van der Waals surface area contributed by atoms with Crippen LogP contribution in [0.1, 0.15) is 31.4 Å². The van der Waals surface area contributed by atoms with Gasteiger partial charge in [0, 0.05) is 6.42 Å². The monoisotopic (exact) mass is 221 g/mol. The number of hydrogen-bond donors (Lipinski definition) is 1. The van der Waals surface area contributed by atoms with Crippen molar-refractivity contribution in [2.75, 3.05) is 12.8 Å². The molecule has 1 rings (SSSR count). The first-order valence-electron chi connectivity index (χ1n) is 5.30. The molecule has 16 heavy (non-hydrogen) atoms. The van der Waals surface area contributed by atoms with E-state index in [1.165, 1.54) is 0 Å². The van der Waals surface area contributed by atoms with Gasteiger partial charge >= 0.3 is 0 Å². The smallest absolute Gasteiger partial charge is 0.142 e. The zero-order valence-corrected chi connectivity index (χ0v) is 10.3. The van der Waals surface area contributed by atoms with Crippen molar-refractivity contribution in [3.63, 3.8) is 0 Å². The Balaban J connectivity index is 3.27. The van der Waals surface area contributed by atoms with Crippen molar-refractivity contribution >= 4 is 12.0 Å². The summed E-state index contributed by atoms with van der Waals surface area (Å²) in [6.07, 6.45) is 1.43. The number of benzene rings is 1. The topological polar surface area (TPSA) is 52.3 Å². The summed E-state index contributed by atoms with van der Waals surface area (Å²) in [7, 11) is 1.59. The van der Waals surface area contributed by atoms with Crippen LogP contribution < -0.4 is 10.5 Å². The van der Waals surface area contributed by atoms with E-state index in [-0.39, 0.29) is 5.41 Å². The van der Waals surface area contributed by atoms with Crippen LogP contribution in [0.3, 0.4) is 0 Å². The maximum absolute atomic E-state index is 10.7. The van der Waals surface area contributed by atoms with Gasteiger partial charge in [0.2, 0.25) is 0 Å². The quantitative estimate of drug-likeness (QED) is 0.627. The average molecular weight is 221 g/mol. The highest BCUT2D eigenvalue weighted by Gasteiger charge is 2.23. The summed E-state index contributed by atoms with van der Waals surface area (Å²) in [6.45, 7) is 6.08. The summed E-state index contributed by atoms with van der Waals surface area (Å²) < 4.78 is 5.20. The number of aryl methyl sites for hydroxylation is 1. The van der Waals surface area contributed by atoms with Crippen molar-refractivity contribution in [2.24, 2.45) is 0 Å². The minimum atomic E-state index is -0.188. The zero-order valence-electron chi connectivity index (χ0n) is 10.3. The van der Waals surface area contributed by atoms with Crippen molar-refractivity contribution in [3.05, 3.63) is 23.3 Å². The molecule has 0 amide bonds. The second kappa shape index (κ2) is 4.56. The van der Waals surface area contributed by atoms with Gasteiger partial charge in [-0.3, -0.25) is 0 Å². The molecule has 0 unspecified atom stereocenters. The highest BCUT2D eigenvalue weighted by Crippen LogP contribution is 2.34. The fourth-order valence-electron chi connectivity index (χ4n) is 1.93. The number of nitrogen functional groups attached to an aromatic ring is 1. The molecule has 0 spiro atoms. The maximum Gasteiger partial charge on any atom is 0.142 e. The number of carbonyl (C=O) groups is 1. The van der Waals surface area contributed by atoms with Crippen LogP contribution in [0.2, 0.25) is 0 Å². The van der Waals surface area contributed by atoms with E-state index in [1.807, 2.05) is 32.9 Å². The van der Waals surface area contributed by atoms with Gasteiger partial charge in [-0.05, 0) is 35.6 Å². The molecular weight excluding hydrogens is 202 g/mol. The zero-order chi connectivity index (χ0) is 12.3. The van der Waals surface area contributed by atoms with E-state index < -0.39 is 0 Å². The van der Waals surface area contributed by atoms with E-state index in [2.05, 4.69) is 0 Å². The lowest BCUT2D eigenvalue weighted by molar-refractivity contribution is -0.108. The molecule has 0 bridgehead atoms. The molecule has 0 heterocycles. The Morgan fingerprint density at radius 2 is 2.06 bits per heavy atom. The third-order valence-electron chi connectivity index (χ3n) is 2.90. The molecule has 1 aromatic rings. The van der Waals surface area contributed by atoms with E-state index in [4.69, 9.17) is 10.5 Å². The van der Waals surface area contributed by atoms with Gasteiger partial charge in [0.05, 0.1) is 12.8 Å². The van der Waals surface area contributed by atoms with Crippen molar-refractivity contribution in [1.82, 2.24) is 0 Å². The van der Waals surface area contributed by atoms with Crippen LogP contribution >= 0.6 is 0 Å². The molecule has 3 nitrogen and oxygen atoms in total. The van der Waals surface area contributed by atoms with Gasteiger partial charge < -0.3 is 15.3 Å². The fraction of sp³-hybridized carbons (Fsp3) is 0.462. The Kier molecular flexibility index (Phi) is 3.58. The Morgan fingerprint density at radius 1 is 1.44 bits per heavy atom. The van der Waals surface area contributed by atoms with Crippen LogP contribution in [0, 0.1) is 6.92 Å². The lowest BCUT2D eigenvalue weighted by Gasteiger charge is -2.25. The van der Waals surface area contributed by atoms with E-state index in [0.29, 0.717) is 17.9 Å². The van der Waals surface area contributed by atoms with Gasteiger partial charge in [-0.2, -0.15) is 0 Å². The fourth-order valence-corrected chi connectivity index (χ4v) is 1.93. The summed E-state index contributed by atoms with van der Waals surface area (Å²) in [5.74, 6) is 0.666. The second-order valence-corrected chi connectivity index (χ2v) is 4.66. The molecule has 0 aliphatic rings. The first kappa shape index (κ1) is 12.6. The van der Waals surface area contributed by atoms with E-state index in [1.54, 1.807) is 7.11 Å². The summed E-state index contributed by atoms with van der Waals surface area (Å²) in [5.41, 5.74) is 8.46. The molecule has 1 aromatic carbocycles. The molecule has 0 saturated heterocycles. The molecule has 88 valence electrons. The van der Waals surface area contributed by atoms with Gasteiger partial charge in [0.25, 0.3) is 0 Å². The van der Waals surface area contributed by atoms with Gasteiger partial charge in [-0.15, -0.1) is 0 Å². The standard InChI is InChI=1S/C13H19NO2/c1-9-7-11(14)12(16-4)8-10(9)13(2,3)5-6-15/h6-8H,5,14H2,1-4H3. The highest BCUT2D eigenvalue weighted by atomic mass is 16.5. The van der Waals surface area contributed by atoms with Crippen LogP contribution in [-0.4, -0.2) is 13.4 Å². The molecular formula is C13H19NO2. The number of hydrogen-bond acceptors (Lipinski definition) is 3. The van der Waals surface area contributed by atoms with Crippen LogP contribution in [-0.2, 0) is 10.2 Å². The van der Waals surface area contributed by atoms with Gasteiger partial charge in [0.1, 0.15) is 12.0 Å². The van der Waals surface area contributed by atoms with Crippen molar-refractivity contribution in [2.45, 2.75) is 32.6 Å². The Morgan fingerprint density at radius 3 is 2.56 bits per heavy atom. The van der Waals surface area contributed by atoms with Crippen LogP contribution in [0.4, 0.5) is 5.69 Å². The number of nitrogens with two attached hydrogens (primary N) is 1. The third kappa shape index (κ3) is 2.35. The Hall–Kier alpha value is -1.51. The second-order valence-electron chi connectivity index (χ2n) is 4.66. The first-order chi connectivity index (χ1) is 7.42. The Bertz CT molecular complexity index is 397.